The van der Waals surface area contributed by atoms with Crippen molar-refractivity contribution in [1.29, 1.82) is 0 Å². The first-order valence-electron chi connectivity index (χ1n) is 13.8. The van der Waals surface area contributed by atoms with E-state index in [2.05, 4.69) is 10.6 Å². The zero-order valence-corrected chi connectivity index (χ0v) is 24.9. The molecule has 42 heavy (non-hydrogen) atoms. The highest BCUT2D eigenvalue weighted by atomic mass is 19.1. The van der Waals surface area contributed by atoms with Crippen LogP contribution in [-0.4, -0.2) is 72.5 Å². The first kappa shape index (κ1) is 33.1. The van der Waals surface area contributed by atoms with Crippen LogP contribution in [0, 0.1) is 23.3 Å². The summed E-state index contributed by atoms with van der Waals surface area (Å²) in [5.74, 6) is -2.50. The Hall–Kier alpha value is -3.38. The Morgan fingerprint density at radius 3 is 1.24 bits per heavy atom. The van der Waals surface area contributed by atoms with Gasteiger partial charge in [-0.15, -0.1) is 0 Å². The molecule has 0 aliphatic carbocycles. The normalized spacial score (nSPS) is 19.5. The number of halogens is 4. The second-order valence-electron chi connectivity index (χ2n) is 12.3. The fourth-order valence-corrected chi connectivity index (χ4v) is 4.48. The maximum absolute atomic E-state index is 13.3. The number of amides is 2. The van der Waals surface area contributed by atoms with Crippen LogP contribution in [-0.2, 0) is 9.47 Å². The van der Waals surface area contributed by atoms with E-state index in [-0.39, 0.29) is 12.1 Å². The molecular weight excluding hydrogens is 556 g/mol. The molecule has 2 aliphatic rings. The molecule has 0 aromatic heterocycles. The van der Waals surface area contributed by atoms with E-state index >= 15 is 0 Å². The highest BCUT2D eigenvalue weighted by Crippen LogP contribution is 2.23. The lowest BCUT2D eigenvalue weighted by molar-refractivity contribution is 0.0185. The van der Waals surface area contributed by atoms with Crippen molar-refractivity contribution in [3.05, 3.63) is 70.8 Å². The summed E-state index contributed by atoms with van der Waals surface area (Å²) in [7, 11) is 0. The van der Waals surface area contributed by atoms with Crippen LogP contribution >= 0.6 is 0 Å². The summed E-state index contributed by atoms with van der Waals surface area (Å²) in [6, 6.07) is 6.15. The Bertz CT molecular complexity index is 1110. The third kappa shape index (κ3) is 10.5. The summed E-state index contributed by atoms with van der Waals surface area (Å²) in [5.41, 5.74) is -0.160. The number of carbonyl (C=O) groups excluding carboxylic acids is 2. The van der Waals surface area contributed by atoms with E-state index in [0.717, 1.165) is 12.1 Å². The molecule has 2 N–H and O–H groups in total. The Labute approximate surface area is 244 Å². The SMILES string of the molecule is CC(C)(C)OC(=O)N1CCNC(c2cc(F)cc(F)c2)C1.CC(C)(C)OC(=O)N1CCNC(c2cc(F)cc(F)c2)C1. The molecule has 2 aromatic carbocycles. The number of hydrogen-bond donors (Lipinski definition) is 2. The average Bonchev–Trinajstić information content (AvgIpc) is 2.86. The van der Waals surface area contributed by atoms with Crippen LogP contribution in [0.4, 0.5) is 27.2 Å². The van der Waals surface area contributed by atoms with Gasteiger partial charge in [0.15, 0.2) is 0 Å². The van der Waals surface area contributed by atoms with Crippen LogP contribution in [0.1, 0.15) is 64.8 Å². The molecule has 0 bridgehead atoms. The molecule has 2 saturated heterocycles. The molecule has 0 saturated carbocycles. The van der Waals surface area contributed by atoms with Crippen LogP contribution < -0.4 is 10.6 Å². The lowest BCUT2D eigenvalue weighted by Gasteiger charge is -2.35. The number of benzene rings is 2. The maximum Gasteiger partial charge on any atom is 0.410 e. The summed E-state index contributed by atoms with van der Waals surface area (Å²) in [5, 5.41) is 6.31. The third-order valence-corrected chi connectivity index (χ3v) is 6.23. The van der Waals surface area contributed by atoms with Crippen molar-refractivity contribution in [1.82, 2.24) is 20.4 Å². The number of hydrogen-bond acceptors (Lipinski definition) is 6. The summed E-state index contributed by atoms with van der Waals surface area (Å²) in [6.45, 7) is 13.5. The predicted octanol–water partition coefficient (Wildman–Crippen LogP) is 5.69. The number of nitrogens with zero attached hydrogens (tertiary/aromatic N) is 2. The van der Waals surface area contributed by atoms with Crippen molar-refractivity contribution in [3.8, 4) is 0 Å². The minimum atomic E-state index is -0.624. The van der Waals surface area contributed by atoms with Gasteiger partial charge in [0.1, 0.15) is 34.5 Å². The number of nitrogens with one attached hydrogen (secondary N) is 2. The van der Waals surface area contributed by atoms with Crippen LogP contribution in [0.3, 0.4) is 0 Å². The molecule has 2 unspecified atom stereocenters. The number of piperazine rings is 2. The highest BCUT2D eigenvalue weighted by molar-refractivity contribution is 5.69. The van der Waals surface area contributed by atoms with Gasteiger partial charge in [0.2, 0.25) is 0 Å². The predicted molar refractivity (Wildman–Crippen MR) is 150 cm³/mol. The first-order chi connectivity index (χ1) is 19.5. The summed E-state index contributed by atoms with van der Waals surface area (Å²) < 4.78 is 63.8. The summed E-state index contributed by atoms with van der Waals surface area (Å²) in [6.07, 6.45) is -0.822. The van der Waals surface area contributed by atoms with E-state index in [1.165, 1.54) is 24.3 Å². The average molecular weight is 597 g/mol. The van der Waals surface area contributed by atoms with Gasteiger partial charge in [-0.3, -0.25) is 0 Å². The quantitative estimate of drug-likeness (QED) is 0.434. The van der Waals surface area contributed by atoms with E-state index in [4.69, 9.17) is 9.47 Å². The summed E-state index contributed by atoms with van der Waals surface area (Å²) in [4.78, 5) is 27.2. The second kappa shape index (κ2) is 13.7. The molecule has 2 aromatic rings. The number of rotatable bonds is 2. The third-order valence-electron chi connectivity index (χ3n) is 6.23. The van der Waals surface area contributed by atoms with Crippen molar-refractivity contribution in [3.63, 3.8) is 0 Å². The van der Waals surface area contributed by atoms with E-state index in [1.807, 2.05) is 0 Å². The van der Waals surface area contributed by atoms with Gasteiger partial charge in [0.05, 0.1) is 12.1 Å². The van der Waals surface area contributed by atoms with Gasteiger partial charge >= 0.3 is 12.2 Å². The van der Waals surface area contributed by atoms with E-state index in [9.17, 15) is 27.2 Å². The molecule has 0 radical (unpaired) electrons. The minimum absolute atomic E-state index is 0.309. The molecule has 2 aliphatic heterocycles. The largest absolute Gasteiger partial charge is 0.444 e. The molecule has 4 rings (SSSR count). The zero-order valence-electron chi connectivity index (χ0n) is 24.9. The van der Waals surface area contributed by atoms with Gasteiger partial charge in [-0.2, -0.15) is 0 Å². The standard InChI is InChI=1S/2C15H20F2N2O2/c2*1-15(2,3)21-14(20)19-5-4-18-13(9-19)10-6-11(16)8-12(17)7-10/h2*6-8,13,18H,4-5,9H2,1-3H3. The summed E-state index contributed by atoms with van der Waals surface area (Å²) >= 11 is 0. The molecule has 2 fully saturated rings. The van der Waals surface area contributed by atoms with E-state index < -0.39 is 46.7 Å². The van der Waals surface area contributed by atoms with Gasteiger partial charge in [-0.1, -0.05) is 0 Å². The Morgan fingerprint density at radius 2 is 0.952 bits per heavy atom. The molecule has 12 heteroatoms. The lowest BCUT2D eigenvalue weighted by atomic mass is 10.0. The van der Waals surface area contributed by atoms with Crippen LogP contribution in [0.5, 0.6) is 0 Å². The smallest absolute Gasteiger partial charge is 0.410 e. The van der Waals surface area contributed by atoms with Gasteiger partial charge < -0.3 is 29.9 Å². The van der Waals surface area contributed by atoms with Crippen molar-refractivity contribution in [2.75, 3.05) is 39.3 Å². The molecule has 0 spiro atoms. The van der Waals surface area contributed by atoms with Crippen molar-refractivity contribution < 1.29 is 36.6 Å². The van der Waals surface area contributed by atoms with Gasteiger partial charge in [-0.05, 0) is 76.9 Å². The topological polar surface area (TPSA) is 83.1 Å². The van der Waals surface area contributed by atoms with Gasteiger partial charge in [-0.25, -0.2) is 27.2 Å². The molecule has 2 heterocycles. The molecule has 8 nitrogen and oxygen atoms in total. The van der Waals surface area contributed by atoms with E-state index in [1.54, 1.807) is 51.3 Å². The Balaban J connectivity index is 0.000000230. The van der Waals surface area contributed by atoms with Crippen LogP contribution in [0.2, 0.25) is 0 Å². The van der Waals surface area contributed by atoms with Crippen molar-refractivity contribution in [2.45, 2.75) is 64.8 Å². The van der Waals surface area contributed by atoms with Crippen molar-refractivity contribution >= 4 is 12.2 Å². The first-order valence-corrected chi connectivity index (χ1v) is 13.8. The number of ether oxygens (including phenoxy) is 2. The molecule has 2 amide bonds. The second-order valence-corrected chi connectivity index (χ2v) is 12.3. The van der Waals surface area contributed by atoms with Crippen LogP contribution in [0.15, 0.2) is 36.4 Å². The molecule has 232 valence electrons. The fraction of sp³-hybridized carbons (Fsp3) is 0.533. The lowest BCUT2D eigenvalue weighted by Crippen LogP contribution is -2.49. The van der Waals surface area contributed by atoms with Gasteiger partial charge in [0.25, 0.3) is 0 Å². The van der Waals surface area contributed by atoms with Crippen LogP contribution in [0.25, 0.3) is 0 Å². The molecular formula is C30H40F4N4O4. The Kier molecular flexibility index (Phi) is 10.8. The molecule has 2 atom stereocenters. The minimum Gasteiger partial charge on any atom is -0.444 e. The zero-order chi connectivity index (χ0) is 31.2. The van der Waals surface area contributed by atoms with Gasteiger partial charge in [0, 0.05) is 51.4 Å². The number of carbonyl (C=O) groups is 2. The van der Waals surface area contributed by atoms with E-state index in [0.29, 0.717) is 50.4 Å². The van der Waals surface area contributed by atoms with Crippen molar-refractivity contribution in [2.24, 2.45) is 0 Å². The fourth-order valence-electron chi connectivity index (χ4n) is 4.48. The maximum atomic E-state index is 13.3. The monoisotopic (exact) mass is 596 g/mol. The highest BCUT2D eigenvalue weighted by Gasteiger charge is 2.30. The Morgan fingerprint density at radius 1 is 0.643 bits per heavy atom.